The summed E-state index contributed by atoms with van der Waals surface area (Å²) in [6.45, 7) is 0.599. The van der Waals surface area contributed by atoms with Crippen LogP contribution in [-0.2, 0) is 11.2 Å². The molecule has 0 aliphatic carbocycles. The summed E-state index contributed by atoms with van der Waals surface area (Å²) in [7, 11) is 0. The maximum atomic E-state index is 11.6. The zero-order chi connectivity index (χ0) is 14.2. The molecule has 0 aliphatic rings. The fourth-order valence-electron chi connectivity index (χ4n) is 1.80. The number of anilines is 1. The lowest BCUT2D eigenvalue weighted by molar-refractivity contribution is -0.123. The van der Waals surface area contributed by atoms with E-state index in [4.69, 9.17) is 10.5 Å². The van der Waals surface area contributed by atoms with Crippen molar-refractivity contribution in [2.24, 2.45) is 0 Å². The number of rotatable bonds is 6. The van der Waals surface area contributed by atoms with Crippen molar-refractivity contribution >= 4 is 11.6 Å². The minimum absolute atomic E-state index is 0.00174. The number of carbonyl (C=O) groups is 1. The van der Waals surface area contributed by atoms with Crippen molar-refractivity contribution in [3.05, 3.63) is 60.2 Å². The van der Waals surface area contributed by atoms with E-state index in [9.17, 15) is 4.79 Å². The molecule has 0 heterocycles. The highest BCUT2D eigenvalue weighted by atomic mass is 16.5. The van der Waals surface area contributed by atoms with Crippen LogP contribution in [0.2, 0.25) is 0 Å². The lowest BCUT2D eigenvalue weighted by Gasteiger charge is -2.08. The number of hydrogen-bond acceptors (Lipinski definition) is 3. The van der Waals surface area contributed by atoms with Gasteiger partial charge in [0.05, 0.1) is 0 Å². The molecule has 0 saturated heterocycles. The average molecular weight is 270 g/mol. The molecule has 0 radical (unpaired) electrons. The molecule has 0 aliphatic heterocycles. The van der Waals surface area contributed by atoms with Gasteiger partial charge in [0.2, 0.25) is 0 Å². The van der Waals surface area contributed by atoms with E-state index in [1.54, 1.807) is 24.3 Å². The normalized spacial score (nSPS) is 10.0. The Labute approximate surface area is 118 Å². The first-order chi connectivity index (χ1) is 9.74. The van der Waals surface area contributed by atoms with Crippen LogP contribution in [0.1, 0.15) is 5.56 Å². The van der Waals surface area contributed by atoms with Gasteiger partial charge >= 0.3 is 0 Å². The lowest BCUT2D eigenvalue weighted by atomic mass is 10.1. The van der Waals surface area contributed by atoms with Gasteiger partial charge in [-0.3, -0.25) is 4.79 Å². The van der Waals surface area contributed by atoms with E-state index in [2.05, 4.69) is 5.32 Å². The molecule has 0 aromatic heterocycles. The van der Waals surface area contributed by atoms with Gasteiger partial charge in [-0.1, -0.05) is 36.4 Å². The standard InChI is InChI=1S/C16H18N2O2/c17-14-7-4-8-15(11-14)20-12-16(19)18-10-9-13-5-2-1-3-6-13/h1-8,11H,9-10,12,17H2,(H,18,19). The third-order valence-corrected chi connectivity index (χ3v) is 2.81. The van der Waals surface area contributed by atoms with Crippen LogP contribution in [0.5, 0.6) is 5.75 Å². The quantitative estimate of drug-likeness (QED) is 0.789. The molecular formula is C16H18N2O2. The van der Waals surface area contributed by atoms with Crippen LogP contribution in [-0.4, -0.2) is 19.1 Å². The van der Waals surface area contributed by atoms with E-state index in [0.29, 0.717) is 18.0 Å². The second-order valence-corrected chi connectivity index (χ2v) is 4.45. The van der Waals surface area contributed by atoms with E-state index in [1.165, 1.54) is 5.56 Å². The molecule has 2 aromatic rings. The van der Waals surface area contributed by atoms with Gasteiger partial charge in [0.1, 0.15) is 5.75 Å². The molecule has 0 saturated carbocycles. The van der Waals surface area contributed by atoms with Crippen molar-refractivity contribution in [2.45, 2.75) is 6.42 Å². The molecule has 0 unspecified atom stereocenters. The summed E-state index contributed by atoms with van der Waals surface area (Å²) in [5.74, 6) is 0.464. The highest BCUT2D eigenvalue weighted by Gasteiger charge is 2.02. The molecule has 0 fully saturated rings. The number of ether oxygens (including phenoxy) is 1. The van der Waals surface area contributed by atoms with Crippen LogP contribution in [0.15, 0.2) is 54.6 Å². The highest BCUT2D eigenvalue weighted by Crippen LogP contribution is 2.13. The molecule has 0 bridgehead atoms. The molecule has 20 heavy (non-hydrogen) atoms. The summed E-state index contributed by atoms with van der Waals surface area (Å²) in [5, 5.41) is 2.82. The van der Waals surface area contributed by atoms with Gasteiger partial charge in [-0.05, 0) is 24.1 Å². The second kappa shape index (κ2) is 7.19. The summed E-state index contributed by atoms with van der Waals surface area (Å²) < 4.78 is 5.36. The molecule has 1 amide bonds. The van der Waals surface area contributed by atoms with Crippen LogP contribution in [0.3, 0.4) is 0 Å². The van der Waals surface area contributed by atoms with Gasteiger partial charge < -0.3 is 15.8 Å². The van der Waals surface area contributed by atoms with E-state index < -0.39 is 0 Å². The van der Waals surface area contributed by atoms with Gasteiger partial charge in [-0.2, -0.15) is 0 Å². The first-order valence-corrected chi connectivity index (χ1v) is 6.53. The fourth-order valence-corrected chi connectivity index (χ4v) is 1.80. The first kappa shape index (κ1) is 13.9. The highest BCUT2D eigenvalue weighted by molar-refractivity contribution is 5.77. The third-order valence-electron chi connectivity index (χ3n) is 2.81. The van der Waals surface area contributed by atoms with E-state index >= 15 is 0 Å². The number of benzene rings is 2. The molecule has 0 atom stereocenters. The minimum atomic E-state index is -0.136. The predicted molar refractivity (Wildman–Crippen MR) is 79.5 cm³/mol. The average Bonchev–Trinajstić information content (AvgIpc) is 2.46. The zero-order valence-corrected chi connectivity index (χ0v) is 11.2. The number of nitrogen functional groups attached to an aromatic ring is 1. The molecule has 104 valence electrons. The SMILES string of the molecule is Nc1cccc(OCC(=O)NCCc2ccccc2)c1. The Balaban J connectivity index is 1.68. The molecule has 2 rings (SSSR count). The van der Waals surface area contributed by atoms with Crippen molar-refractivity contribution < 1.29 is 9.53 Å². The smallest absolute Gasteiger partial charge is 0.257 e. The van der Waals surface area contributed by atoms with Crippen LogP contribution < -0.4 is 15.8 Å². The van der Waals surface area contributed by atoms with E-state index in [-0.39, 0.29) is 12.5 Å². The maximum absolute atomic E-state index is 11.6. The molecule has 0 spiro atoms. The maximum Gasteiger partial charge on any atom is 0.257 e. The first-order valence-electron chi connectivity index (χ1n) is 6.53. The van der Waals surface area contributed by atoms with Gasteiger partial charge in [-0.15, -0.1) is 0 Å². The predicted octanol–water partition coefficient (Wildman–Crippen LogP) is 2.01. The Morgan fingerprint density at radius 2 is 1.90 bits per heavy atom. The Bertz CT molecular complexity index is 555. The lowest BCUT2D eigenvalue weighted by Crippen LogP contribution is -2.30. The number of hydrogen-bond donors (Lipinski definition) is 2. The number of carbonyl (C=O) groups excluding carboxylic acids is 1. The molecule has 3 N–H and O–H groups in total. The molecule has 4 nitrogen and oxygen atoms in total. The van der Waals surface area contributed by atoms with Crippen molar-refractivity contribution in [3.8, 4) is 5.75 Å². The van der Waals surface area contributed by atoms with Crippen LogP contribution in [0.25, 0.3) is 0 Å². The molecule has 2 aromatic carbocycles. The summed E-state index contributed by atoms with van der Waals surface area (Å²) in [6, 6.07) is 17.0. The second-order valence-electron chi connectivity index (χ2n) is 4.45. The Morgan fingerprint density at radius 1 is 1.10 bits per heavy atom. The number of nitrogens with two attached hydrogens (primary N) is 1. The zero-order valence-electron chi connectivity index (χ0n) is 11.2. The molecule has 4 heteroatoms. The van der Waals surface area contributed by atoms with E-state index in [1.807, 2.05) is 30.3 Å². The van der Waals surface area contributed by atoms with E-state index in [0.717, 1.165) is 6.42 Å². The summed E-state index contributed by atoms with van der Waals surface area (Å²) in [4.78, 5) is 11.6. The Hall–Kier alpha value is -2.49. The topological polar surface area (TPSA) is 64.3 Å². The van der Waals surface area contributed by atoms with Crippen molar-refractivity contribution in [2.75, 3.05) is 18.9 Å². The third kappa shape index (κ3) is 4.65. The number of amides is 1. The minimum Gasteiger partial charge on any atom is -0.484 e. The summed E-state index contributed by atoms with van der Waals surface area (Å²) in [5.41, 5.74) is 7.45. The van der Waals surface area contributed by atoms with Gasteiger partial charge in [0.15, 0.2) is 6.61 Å². The summed E-state index contributed by atoms with van der Waals surface area (Å²) >= 11 is 0. The largest absolute Gasteiger partial charge is 0.484 e. The van der Waals surface area contributed by atoms with Gasteiger partial charge in [-0.25, -0.2) is 0 Å². The van der Waals surface area contributed by atoms with Crippen LogP contribution in [0.4, 0.5) is 5.69 Å². The van der Waals surface area contributed by atoms with Crippen molar-refractivity contribution in [1.82, 2.24) is 5.32 Å². The Morgan fingerprint density at radius 3 is 2.65 bits per heavy atom. The van der Waals surface area contributed by atoms with Gasteiger partial charge in [0, 0.05) is 18.3 Å². The summed E-state index contributed by atoms with van der Waals surface area (Å²) in [6.07, 6.45) is 0.810. The monoisotopic (exact) mass is 270 g/mol. The van der Waals surface area contributed by atoms with Crippen molar-refractivity contribution in [1.29, 1.82) is 0 Å². The molecular weight excluding hydrogens is 252 g/mol. The van der Waals surface area contributed by atoms with Crippen LogP contribution in [0, 0.1) is 0 Å². The number of nitrogens with one attached hydrogen (secondary N) is 1. The Kier molecular flexibility index (Phi) is 5.00. The van der Waals surface area contributed by atoms with Crippen LogP contribution >= 0.6 is 0 Å². The fraction of sp³-hybridized carbons (Fsp3) is 0.188. The van der Waals surface area contributed by atoms with Crippen molar-refractivity contribution in [3.63, 3.8) is 0 Å². The van der Waals surface area contributed by atoms with Gasteiger partial charge in [0.25, 0.3) is 5.91 Å².